The Labute approximate surface area is 131 Å². The maximum Gasteiger partial charge on any atom is 0.315 e. The maximum absolute atomic E-state index is 11.5. The number of nitrogens with one attached hydrogen (secondary N) is 2. The molecule has 2 rings (SSSR count). The lowest BCUT2D eigenvalue weighted by Crippen LogP contribution is -2.41. The van der Waals surface area contributed by atoms with Gasteiger partial charge in [-0.3, -0.25) is 0 Å². The van der Waals surface area contributed by atoms with Crippen molar-refractivity contribution in [2.75, 3.05) is 37.7 Å². The van der Waals surface area contributed by atoms with E-state index in [0.717, 1.165) is 37.6 Å². The summed E-state index contributed by atoms with van der Waals surface area (Å²) in [5.74, 6) is 0. The topological polar surface area (TPSA) is 73.8 Å². The Hall–Kier alpha value is -1.79. The second-order valence-corrected chi connectivity index (χ2v) is 5.72. The normalized spacial score (nSPS) is 16.5. The fraction of sp³-hybridized carbons (Fsp3) is 0.562. The first-order valence-electron chi connectivity index (χ1n) is 7.71. The lowest BCUT2D eigenvalue weighted by atomic mass is 10.1. The zero-order chi connectivity index (χ0) is 15.9. The highest BCUT2D eigenvalue weighted by Crippen LogP contribution is 2.20. The fourth-order valence-electron chi connectivity index (χ4n) is 2.35. The number of rotatable bonds is 5. The number of carbonyl (C=O) groups is 1. The van der Waals surface area contributed by atoms with Gasteiger partial charge in [-0.2, -0.15) is 0 Å². The smallest absolute Gasteiger partial charge is 0.315 e. The summed E-state index contributed by atoms with van der Waals surface area (Å²) in [7, 11) is 0. The summed E-state index contributed by atoms with van der Waals surface area (Å²) in [4.78, 5) is 13.8. The molecule has 1 aromatic carbocycles. The molecule has 2 amide bonds. The first kappa shape index (κ1) is 16.6. The van der Waals surface area contributed by atoms with Crippen molar-refractivity contribution < 1.29 is 14.6 Å². The molecule has 1 aliphatic rings. The Bertz CT molecular complexity index is 470. The van der Waals surface area contributed by atoms with E-state index >= 15 is 0 Å². The summed E-state index contributed by atoms with van der Waals surface area (Å²) in [5, 5.41) is 15.5. The number of hydrogen-bond donors (Lipinski definition) is 3. The van der Waals surface area contributed by atoms with Crippen molar-refractivity contribution >= 4 is 11.7 Å². The quantitative estimate of drug-likeness (QED) is 0.766. The summed E-state index contributed by atoms with van der Waals surface area (Å²) in [6, 6.07) is 7.61. The minimum Gasteiger partial charge on any atom is -0.387 e. The van der Waals surface area contributed by atoms with Gasteiger partial charge >= 0.3 is 6.03 Å². The predicted octanol–water partition coefficient (Wildman–Crippen LogP) is 1.26. The minimum atomic E-state index is -0.711. The van der Waals surface area contributed by atoms with E-state index in [0.29, 0.717) is 0 Å². The van der Waals surface area contributed by atoms with Crippen LogP contribution in [0.1, 0.15) is 25.5 Å². The van der Waals surface area contributed by atoms with E-state index in [9.17, 15) is 9.90 Å². The van der Waals surface area contributed by atoms with Crippen LogP contribution in [0, 0.1) is 0 Å². The van der Waals surface area contributed by atoms with E-state index in [1.807, 2.05) is 38.1 Å². The monoisotopic (exact) mass is 307 g/mol. The molecule has 0 bridgehead atoms. The van der Waals surface area contributed by atoms with Crippen LogP contribution >= 0.6 is 0 Å². The highest BCUT2D eigenvalue weighted by molar-refractivity contribution is 5.74. The molecule has 1 unspecified atom stereocenters. The van der Waals surface area contributed by atoms with Crippen LogP contribution < -0.4 is 15.5 Å². The number of urea groups is 1. The molecule has 1 heterocycles. The summed E-state index contributed by atoms with van der Waals surface area (Å²) >= 11 is 0. The zero-order valence-corrected chi connectivity index (χ0v) is 13.2. The molecule has 1 fully saturated rings. The molecular weight excluding hydrogens is 282 g/mol. The van der Waals surface area contributed by atoms with Crippen molar-refractivity contribution in [3.05, 3.63) is 29.8 Å². The number of aliphatic hydroxyl groups is 1. The van der Waals surface area contributed by atoms with E-state index in [4.69, 9.17) is 4.74 Å². The summed E-state index contributed by atoms with van der Waals surface area (Å²) in [6.07, 6.45) is -0.711. The largest absolute Gasteiger partial charge is 0.387 e. The maximum atomic E-state index is 11.5. The minimum absolute atomic E-state index is 0.0740. The van der Waals surface area contributed by atoms with Crippen LogP contribution in [0.15, 0.2) is 24.3 Å². The number of benzene rings is 1. The highest BCUT2D eigenvalue weighted by Gasteiger charge is 2.13. The molecule has 22 heavy (non-hydrogen) atoms. The van der Waals surface area contributed by atoms with Crippen molar-refractivity contribution in [3.8, 4) is 0 Å². The molecule has 0 aromatic heterocycles. The molecule has 0 radical (unpaired) electrons. The zero-order valence-electron chi connectivity index (χ0n) is 13.2. The van der Waals surface area contributed by atoms with Crippen molar-refractivity contribution in [1.29, 1.82) is 0 Å². The number of nitrogens with zero attached hydrogens (tertiary/aromatic N) is 1. The Balaban J connectivity index is 1.85. The highest BCUT2D eigenvalue weighted by atomic mass is 16.5. The van der Waals surface area contributed by atoms with Crippen LogP contribution in [0.25, 0.3) is 0 Å². The van der Waals surface area contributed by atoms with Crippen LogP contribution in [-0.2, 0) is 4.74 Å². The van der Waals surface area contributed by atoms with Gasteiger partial charge in [0.15, 0.2) is 0 Å². The molecule has 6 heteroatoms. The Morgan fingerprint density at radius 2 is 1.91 bits per heavy atom. The van der Waals surface area contributed by atoms with Gasteiger partial charge in [-0.05, 0) is 31.5 Å². The first-order valence-corrected chi connectivity index (χ1v) is 7.71. The lowest BCUT2D eigenvalue weighted by molar-refractivity contribution is 0.122. The van der Waals surface area contributed by atoms with Crippen molar-refractivity contribution in [2.45, 2.75) is 26.0 Å². The SMILES string of the molecule is CC(C)NC(=O)NCC(O)c1ccc(N2CCOCC2)cc1. The van der Waals surface area contributed by atoms with Gasteiger partial charge in [-0.15, -0.1) is 0 Å². The lowest BCUT2D eigenvalue weighted by Gasteiger charge is -2.29. The number of aliphatic hydroxyl groups excluding tert-OH is 1. The van der Waals surface area contributed by atoms with Crippen LogP contribution in [-0.4, -0.2) is 50.0 Å². The molecule has 0 aliphatic carbocycles. The van der Waals surface area contributed by atoms with Crippen LogP contribution in [0.3, 0.4) is 0 Å². The second kappa shape index (κ2) is 8.00. The van der Waals surface area contributed by atoms with E-state index in [-0.39, 0.29) is 18.6 Å². The van der Waals surface area contributed by atoms with Gasteiger partial charge in [0.25, 0.3) is 0 Å². The first-order chi connectivity index (χ1) is 10.6. The summed E-state index contributed by atoms with van der Waals surface area (Å²) in [6.45, 7) is 7.24. The van der Waals surface area contributed by atoms with E-state index < -0.39 is 6.10 Å². The fourth-order valence-corrected chi connectivity index (χ4v) is 2.35. The molecular formula is C16H25N3O3. The Morgan fingerprint density at radius 3 is 2.50 bits per heavy atom. The Morgan fingerprint density at radius 1 is 1.27 bits per heavy atom. The van der Waals surface area contributed by atoms with E-state index in [1.165, 1.54) is 0 Å². The Kier molecular flexibility index (Phi) is 6.03. The number of amides is 2. The van der Waals surface area contributed by atoms with Gasteiger partial charge in [0.1, 0.15) is 0 Å². The number of ether oxygens (including phenoxy) is 1. The predicted molar refractivity (Wildman–Crippen MR) is 86.1 cm³/mol. The molecule has 3 N–H and O–H groups in total. The third-order valence-corrected chi connectivity index (χ3v) is 3.53. The third kappa shape index (κ3) is 4.89. The van der Waals surface area contributed by atoms with Gasteiger partial charge in [0, 0.05) is 31.4 Å². The summed E-state index contributed by atoms with van der Waals surface area (Å²) in [5.41, 5.74) is 1.92. The molecule has 1 atom stereocenters. The molecule has 1 aromatic rings. The van der Waals surface area contributed by atoms with Crippen molar-refractivity contribution in [1.82, 2.24) is 10.6 Å². The third-order valence-electron chi connectivity index (χ3n) is 3.53. The van der Waals surface area contributed by atoms with Gasteiger partial charge in [0.2, 0.25) is 0 Å². The van der Waals surface area contributed by atoms with Crippen LogP contribution in [0.4, 0.5) is 10.5 Å². The van der Waals surface area contributed by atoms with E-state index in [1.54, 1.807) is 0 Å². The molecule has 6 nitrogen and oxygen atoms in total. The van der Waals surface area contributed by atoms with Crippen molar-refractivity contribution in [2.24, 2.45) is 0 Å². The number of hydrogen-bond acceptors (Lipinski definition) is 4. The standard InChI is InChI=1S/C16H25N3O3/c1-12(2)18-16(21)17-11-15(20)13-3-5-14(6-4-13)19-7-9-22-10-8-19/h3-6,12,15,20H,7-11H2,1-2H3,(H2,17,18,21). The second-order valence-electron chi connectivity index (χ2n) is 5.72. The van der Waals surface area contributed by atoms with Gasteiger partial charge in [-0.25, -0.2) is 4.79 Å². The molecule has 0 saturated carbocycles. The number of morpholine rings is 1. The molecule has 122 valence electrons. The molecule has 1 aliphatic heterocycles. The number of carbonyl (C=O) groups excluding carboxylic acids is 1. The van der Waals surface area contributed by atoms with Crippen molar-refractivity contribution in [3.63, 3.8) is 0 Å². The van der Waals surface area contributed by atoms with Crippen LogP contribution in [0.2, 0.25) is 0 Å². The number of anilines is 1. The average molecular weight is 307 g/mol. The van der Waals surface area contributed by atoms with Crippen LogP contribution in [0.5, 0.6) is 0 Å². The van der Waals surface area contributed by atoms with Gasteiger partial charge in [-0.1, -0.05) is 12.1 Å². The molecule has 0 spiro atoms. The summed E-state index contributed by atoms with van der Waals surface area (Å²) < 4.78 is 5.34. The average Bonchev–Trinajstić information content (AvgIpc) is 2.53. The van der Waals surface area contributed by atoms with Gasteiger partial charge < -0.3 is 25.4 Å². The van der Waals surface area contributed by atoms with E-state index in [2.05, 4.69) is 15.5 Å². The molecule has 1 saturated heterocycles. The van der Waals surface area contributed by atoms with Gasteiger partial charge in [0.05, 0.1) is 19.3 Å².